The second kappa shape index (κ2) is 45.4. The first-order chi connectivity index (χ1) is 69.2. The van der Waals surface area contributed by atoms with E-state index in [9.17, 15) is 71.2 Å². The van der Waals surface area contributed by atoms with Crippen LogP contribution in [0.15, 0.2) is 361 Å². The number of carbonyl (C=O) groups excluding carboxylic acids is 1. The maximum atomic E-state index is 11.9. The number of imidazole rings is 1. The fourth-order valence-electron chi connectivity index (χ4n) is 13.5. The Morgan fingerprint density at radius 3 is 1.25 bits per heavy atom. The van der Waals surface area contributed by atoms with Crippen LogP contribution >= 0.6 is 22.7 Å². The summed E-state index contributed by atoms with van der Waals surface area (Å²) in [7, 11) is 1.53. The van der Waals surface area contributed by atoms with Crippen LogP contribution in [0.25, 0.3) is 144 Å². The third-order valence-electron chi connectivity index (χ3n) is 20.6. The van der Waals surface area contributed by atoms with Crippen molar-refractivity contribution < 1.29 is 89.7 Å². The number of anilines is 1. The minimum atomic E-state index is -0.636. The molecule has 0 saturated carbocycles. The highest BCUT2D eigenvalue weighted by atomic mass is 32.1. The molecule has 21 aromatic rings. The van der Waals surface area contributed by atoms with E-state index >= 15 is 0 Å². The quantitative estimate of drug-likeness (QED) is 0.0400. The van der Waals surface area contributed by atoms with Crippen molar-refractivity contribution in [1.82, 2.24) is 75.4 Å². The molecule has 15 N–H and O–H groups in total. The Morgan fingerprint density at radius 2 is 0.776 bits per heavy atom. The molecule has 716 valence electrons. The van der Waals surface area contributed by atoms with Gasteiger partial charge in [0.2, 0.25) is 17.5 Å². The molecule has 1 amide bonds. The molecule has 0 aliphatic carbocycles. The van der Waals surface area contributed by atoms with Crippen LogP contribution in [0.5, 0.6) is 80.5 Å². The fraction of sp³-hybridized carbons (Fsp3) is 0.0561. The van der Waals surface area contributed by atoms with Crippen LogP contribution in [-0.4, -0.2) is 161 Å². The predicted molar refractivity (Wildman–Crippen MR) is 540 cm³/mol. The number of amides is 1. The first-order valence-corrected chi connectivity index (χ1v) is 45.1. The number of aromatic nitrogens is 15. The minimum Gasteiger partial charge on any atom is -0.507 e. The number of aryl methyl sites for hydroxylation is 1. The van der Waals surface area contributed by atoms with Crippen molar-refractivity contribution in [2.24, 2.45) is 0 Å². The molecule has 0 saturated heterocycles. The minimum absolute atomic E-state index is 0.00304. The Bertz CT molecular complexity index is 7190. The zero-order valence-corrected chi connectivity index (χ0v) is 78.1. The van der Waals surface area contributed by atoms with Crippen LogP contribution in [-0.2, 0) is 4.74 Å². The Morgan fingerprint density at radius 1 is 0.378 bits per heavy atom. The van der Waals surface area contributed by atoms with Gasteiger partial charge in [-0.05, 0) is 208 Å². The number of hydrogen-bond donors (Lipinski definition) is 15. The van der Waals surface area contributed by atoms with Gasteiger partial charge in [-0.15, -0.1) is 42.8 Å². The van der Waals surface area contributed by atoms with Gasteiger partial charge in [0.05, 0.1) is 79.5 Å². The van der Waals surface area contributed by atoms with Gasteiger partial charge >= 0.3 is 6.09 Å². The number of methoxy groups -OCH3 is 1. The van der Waals surface area contributed by atoms with E-state index in [0.717, 1.165) is 36.5 Å². The van der Waals surface area contributed by atoms with E-state index in [2.05, 4.69) is 102 Å². The lowest BCUT2D eigenvalue weighted by molar-refractivity contribution is 0.0635. The molecule has 7 aromatic heterocycles. The van der Waals surface area contributed by atoms with Crippen LogP contribution in [0.1, 0.15) is 26.3 Å². The number of phenolic OH excluding ortho intramolecular Hbond substituents is 13. The zero-order valence-electron chi connectivity index (χ0n) is 76.4. The maximum Gasteiger partial charge on any atom is 0.412 e. The van der Waals surface area contributed by atoms with Crippen LogP contribution in [0.2, 0.25) is 0 Å². The number of hydrogen-bond acceptors (Lipinski definition) is 32. The molecule has 14 aromatic carbocycles. The van der Waals surface area contributed by atoms with Crippen molar-refractivity contribution in [3.8, 4) is 225 Å². The van der Waals surface area contributed by atoms with Gasteiger partial charge < -0.3 is 89.9 Å². The lowest BCUT2D eigenvalue weighted by Crippen LogP contribution is -2.27. The number of thiazole rings is 2. The van der Waals surface area contributed by atoms with E-state index in [0.29, 0.717) is 90.4 Å². The van der Waals surface area contributed by atoms with Crippen LogP contribution < -0.4 is 10.1 Å². The summed E-state index contributed by atoms with van der Waals surface area (Å²) in [6.07, 6.45) is 6.24. The molecule has 143 heavy (non-hydrogen) atoms. The third kappa shape index (κ3) is 24.9. The number of rotatable bonds is 16. The summed E-state index contributed by atoms with van der Waals surface area (Å²) in [6, 6.07) is 93.4. The molecule has 0 unspecified atom stereocenters. The Balaban J connectivity index is 0.000000126. The Kier molecular flexibility index (Phi) is 31.2. The Labute approximate surface area is 823 Å². The second-order valence-corrected chi connectivity index (χ2v) is 33.8. The van der Waals surface area contributed by atoms with Crippen LogP contribution in [0, 0.1) is 6.92 Å². The number of nitrogens with zero attached hydrogens (tertiary/aromatic N) is 14. The number of benzene rings is 14. The fourth-order valence-corrected chi connectivity index (χ4v) is 15.5. The van der Waals surface area contributed by atoms with E-state index in [-0.39, 0.29) is 104 Å². The van der Waals surface area contributed by atoms with Gasteiger partial charge in [0.1, 0.15) is 119 Å². The highest BCUT2D eigenvalue weighted by Crippen LogP contribution is 2.43. The largest absolute Gasteiger partial charge is 0.507 e. The number of para-hydroxylation sites is 13. The average molecular weight is 1950 g/mol. The molecule has 0 aliphatic rings. The lowest BCUT2D eigenvalue weighted by Gasteiger charge is -2.19. The summed E-state index contributed by atoms with van der Waals surface area (Å²) in [5.74, 6) is 3.46. The smallest absolute Gasteiger partial charge is 0.412 e. The topological polar surface area (TPSA) is 517 Å². The molecule has 0 aliphatic heterocycles. The van der Waals surface area contributed by atoms with Crippen molar-refractivity contribution in [2.45, 2.75) is 33.3 Å². The van der Waals surface area contributed by atoms with Gasteiger partial charge in [0, 0.05) is 34.8 Å². The molecular formula is C107H88N16O18S2. The van der Waals surface area contributed by atoms with Gasteiger partial charge in [-0.3, -0.25) is 5.32 Å². The number of aromatic hydroxyl groups is 13. The molecule has 0 fully saturated rings. The number of tetrazole rings is 1. The van der Waals surface area contributed by atoms with E-state index in [1.807, 2.05) is 66.9 Å². The predicted octanol–water partition coefficient (Wildman–Crippen LogP) is 22.6. The molecule has 0 spiro atoms. The molecule has 7 heterocycles. The number of aromatic amines is 1. The van der Waals surface area contributed by atoms with Gasteiger partial charge in [0.15, 0.2) is 0 Å². The first-order valence-electron chi connectivity index (χ1n) is 43.4. The monoisotopic (exact) mass is 1950 g/mol. The highest BCUT2D eigenvalue weighted by Gasteiger charge is 2.24. The van der Waals surface area contributed by atoms with Crippen molar-refractivity contribution in [1.29, 1.82) is 0 Å². The van der Waals surface area contributed by atoms with Crippen molar-refractivity contribution >= 4 is 34.5 Å². The second-order valence-electron chi connectivity index (χ2n) is 31.7. The molecule has 34 nitrogen and oxygen atoms in total. The Hall–Kier alpha value is -19.5. The molecule has 36 heteroatoms. The molecule has 0 radical (unpaired) electrons. The van der Waals surface area contributed by atoms with Crippen LogP contribution in [0.3, 0.4) is 0 Å². The summed E-state index contributed by atoms with van der Waals surface area (Å²) in [5.41, 5.74) is 10.5. The van der Waals surface area contributed by atoms with Crippen molar-refractivity contribution in [3.05, 3.63) is 358 Å². The molecule has 0 bridgehead atoms. The van der Waals surface area contributed by atoms with E-state index in [4.69, 9.17) is 18.5 Å². The summed E-state index contributed by atoms with van der Waals surface area (Å²) in [4.78, 5) is 39.6. The highest BCUT2D eigenvalue weighted by molar-refractivity contribution is 7.18. The summed E-state index contributed by atoms with van der Waals surface area (Å²) in [6.45, 7) is 7.35. The summed E-state index contributed by atoms with van der Waals surface area (Å²) in [5, 5.41) is 159. The van der Waals surface area contributed by atoms with Gasteiger partial charge in [-0.2, -0.15) is 9.97 Å². The van der Waals surface area contributed by atoms with E-state index in [1.165, 1.54) is 69.9 Å². The van der Waals surface area contributed by atoms with Crippen LogP contribution in [0.4, 0.5) is 10.5 Å². The van der Waals surface area contributed by atoms with Crippen molar-refractivity contribution in [3.63, 3.8) is 0 Å². The summed E-state index contributed by atoms with van der Waals surface area (Å²) >= 11 is 3.02. The van der Waals surface area contributed by atoms with Gasteiger partial charge in [-0.1, -0.05) is 179 Å². The lowest BCUT2D eigenvalue weighted by atomic mass is 10.1. The number of H-pyrrole nitrogens is 1. The maximum absolute atomic E-state index is 11.9. The van der Waals surface area contributed by atoms with Gasteiger partial charge in [-0.25, -0.2) is 24.4 Å². The van der Waals surface area contributed by atoms with Gasteiger partial charge in [0.25, 0.3) is 11.8 Å². The number of ether oxygens (including phenoxy) is 2. The standard InChI is InChI=1S/C19H19N3O5.C16H13NOS.C15H12N2O4.C15H12N2O2.C15H11NO2S.C14H11N3O2.C13H10N4O2/c1-19(2,3)26-18(25)20-11-8-9-15(24)13(10-11)17-21-16(22-27-17)12-6-4-5-7-14(12)23;1-11-6-8-12(9-7-11)15-10-17-16(19-15)13-4-2-3-5-14(13)18;1-20-9-6-7-13(19)11(8-9)15-16-14(17-21-15)10-4-2-3-5-12(10)18;18-13-7-3-1-5-10(13)12-9-16-15(17-12)11-6-2-4-8-14(11)19;17-12-7-3-1-5-10(12)14-9-16-15(19-14)11-6-2-4-8-13(11)18;18-13-7-3-1-5-10(13)11-9-17(16-15-11)12-6-2-4-8-14(12)19;18-11-7-3-1-5-9(11)13-14-16-17(15-13)10-6-2-4-8-12(10)19/h4-10,23-24H,1-3H3,(H,20,25);2-10,18H,1H3;2-8,18-19H,1H3;1-9,18-19H,(H,16,17);1-9,17-18H;1-9,18-19H;1-8,18-19H. The number of nitrogens with one attached hydrogen (secondary N) is 2. The van der Waals surface area contributed by atoms with Crippen molar-refractivity contribution in [2.75, 3.05) is 12.4 Å². The normalized spacial score (nSPS) is 10.7. The number of phenols is 13. The zero-order chi connectivity index (χ0) is 101. The van der Waals surface area contributed by atoms with E-state index in [1.54, 1.807) is 257 Å². The SMILES string of the molecule is CC(C)(C)OC(=O)Nc1ccc(O)c(-c2nc(-c3ccccc3O)no2)c1.COc1ccc(O)c(-c2nc(-c3ccccc3O)no2)c1.Cc1ccc(-c2cnc(-c3ccccc3O)s2)cc1.Oc1ccccc1-c1cn(-c2ccccc2O)nn1.Oc1ccccc1-c1cnc(-c2ccccc2O)[nH]1.Oc1ccccc1-c1cnc(-c2ccccc2O)s1.Oc1ccccc1-c1nnn(-c2ccccc2O)n1. The van der Waals surface area contributed by atoms with E-state index < -0.39 is 11.7 Å². The molecule has 0 atom stereocenters. The number of carbonyl (C=O) groups is 1. The third-order valence-corrected chi connectivity index (χ3v) is 22.8. The first kappa shape index (κ1) is 98.0. The molecule has 21 rings (SSSR count). The summed E-state index contributed by atoms with van der Waals surface area (Å²) < 4.78 is 22.1. The molecular weight excluding hydrogens is 1860 g/mol. The average Bonchev–Trinajstić information content (AvgIpc) is 1.69.